The average molecular weight is 654 g/mol. The number of amides is 2. The number of fused-ring (bicyclic) bond motifs is 4. The van der Waals surface area contributed by atoms with Gasteiger partial charge in [-0.25, -0.2) is 4.79 Å². The first-order valence-corrected chi connectivity index (χ1v) is 17.3. The molecule has 7 nitrogen and oxygen atoms in total. The number of urea groups is 1. The molecule has 46 heavy (non-hydrogen) atoms. The lowest BCUT2D eigenvalue weighted by Crippen LogP contribution is -2.57. The number of pyridine rings is 2. The molecule has 2 saturated heterocycles. The van der Waals surface area contributed by atoms with Crippen LogP contribution in [0.3, 0.4) is 0 Å². The quantitative estimate of drug-likeness (QED) is 0.258. The zero-order valence-electron chi connectivity index (χ0n) is 25.9. The zero-order chi connectivity index (χ0) is 31.2. The van der Waals surface area contributed by atoms with E-state index in [1.54, 1.807) is 0 Å². The number of aryl methyl sites for hydroxylation is 4. The largest absolute Gasteiger partial charge is 0.322 e. The molecular formula is C37H38Cl2N6O. The van der Waals surface area contributed by atoms with Gasteiger partial charge in [0, 0.05) is 74.8 Å². The molecule has 9 heteroatoms. The van der Waals surface area contributed by atoms with Crippen LogP contribution in [0, 0.1) is 0 Å². The number of nitrogens with zero attached hydrogens (tertiary/aromatic N) is 6. The first kappa shape index (κ1) is 29.9. The minimum Gasteiger partial charge on any atom is -0.322 e. The molecule has 4 aliphatic rings. The summed E-state index contributed by atoms with van der Waals surface area (Å²) in [5.41, 5.74) is 10.0. The second kappa shape index (κ2) is 12.6. The lowest BCUT2D eigenvalue weighted by atomic mass is 9.96. The normalized spacial score (nSPS) is 21.8. The van der Waals surface area contributed by atoms with E-state index in [2.05, 4.69) is 46.2 Å². The Morgan fingerprint density at radius 2 is 0.978 bits per heavy atom. The van der Waals surface area contributed by atoms with Crippen molar-refractivity contribution in [3.63, 3.8) is 0 Å². The van der Waals surface area contributed by atoms with Crippen molar-refractivity contribution >= 4 is 29.2 Å². The molecule has 4 heterocycles. The molecule has 2 amide bonds. The van der Waals surface area contributed by atoms with Crippen LogP contribution in [-0.4, -0.2) is 88.0 Å². The fourth-order valence-corrected chi connectivity index (χ4v) is 8.44. The van der Waals surface area contributed by atoms with Gasteiger partial charge in [0.25, 0.3) is 0 Å². The van der Waals surface area contributed by atoms with E-state index in [0.29, 0.717) is 26.2 Å². The summed E-state index contributed by atoms with van der Waals surface area (Å²) in [5, 5.41) is 1.56. The van der Waals surface area contributed by atoms with Crippen LogP contribution in [0.2, 0.25) is 10.0 Å². The van der Waals surface area contributed by atoms with Crippen LogP contribution in [0.5, 0.6) is 0 Å². The Morgan fingerprint density at radius 1 is 0.565 bits per heavy atom. The summed E-state index contributed by atoms with van der Waals surface area (Å²) >= 11 is 12.8. The van der Waals surface area contributed by atoms with E-state index in [1.807, 2.05) is 46.5 Å². The molecule has 2 atom stereocenters. The van der Waals surface area contributed by atoms with Crippen molar-refractivity contribution in [2.24, 2.45) is 0 Å². The summed E-state index contributed by atoms with van der Waals surface area (Å²) in [5.74, 6) is 0. The Labute approximate surface area is 280 Å². The monoisotopic (exact) mass is 652 g/mol. The number of rotatable bonds is 2. The molecule has 4 aromatic rings. The predicted molar refractivity (Wildman–Crippen MR) is 182 cm³/mol. The number of aromatic nitrogens is 2. The second-order valence-corrected chi connectivity index (χ2v) is 13.8. The maximum Gasteiger partial charge on any atom is 0.320 e. The molecular weight excluding hydrogens is 615 g/mol. The highest BCUT2D eigenvalue weighted by molar-refractivity contribution is 6.31. The SMILES string of the molecule is O=C(N1CCN(C2c3ccc(Cl)cc3CCc3cccnc32)CC1)N1CCN(C2c3ccc(Cl)cc3CCc3cccnc32)CC1. The minimum absolute atomic E-state index is 0.0700. The Morgan fingerprint density at radius 3 is 1.41 bits per heavy atom. The van der Waals surface area contributed by atoms with Crippen LogP contribution in [0.1, 0.15) is 56.9 Å². The number of benzene rings is 2. The maximum atomic E-state index is 13.9. The van der Waals surface area contributed by atoms with Gasteiger partial charge in [0.1, 0.15) is 0 Å². The van der Waals surface area contributed by atoms with Gasteiger partial charge < -0.3 is 9.80 Å². The molecule has 0 bridgehead atoms. The number of hydrogen-bond donors (Lipinski definition) is 0. The first-order chi connectivity index (χ1) is 22.5. The van der Waals surface area contributed by atoms with Gasteiger partial charge in [-0.05, 0) is 95.5 Å². The van der Waals surface area contributed by atoms with Crippen molar-refractivity contribution < 1.29 is 4.79 Å². The van der Waals surface area contributed by atoms with Gasteiger partial charge in [0.2, 0.25) is 0 Å². The minimum atomic E-state index is 0.0700. The van der Waals surface area contributed by atoms with Gasteiger partial charge in [-0.1, -0.05) is 47.5 Å². The summed E-state index contributed by atoms with van der Waals surface area (Å²) in [7, 11) is 0. The Bertz CT molecular complexity index is 1640. The van der Waals surface area contributed by atoms with Gasteiger partial charge >= 0.3 is 6.03 Å². The number of piperazine rings is 2. The Hall–Kier alpha value is -3.49. The smallest absolute Gasteiger partial charge is 0.320 e. The van der Waals surface area contributed by atoms with Crippen molar-refractivity contribution in [2.45, 2.75) is 37.8 Å². The number of hydrogen-bond acceptors (Lipinski definition) is 5. The van der Waals surface area contributed by atoms with Crippen molar-refractivity contribution in [3.8, 4) is 0 Å². The highest BCUT2D eigenvalue weighted by Gasteiger charge is 2.37. The van der Waals surface area contributed by atoms with Crippen LogP contribution in [-0.2, 0) is 25.7 Å². The van der Waals surface area contributed by atoms with E-state index >= 15 is 0 Å². The van der Waals surface area contributed by atoms with E-state index < -0.39 is 0 Å². The predicted octanol–water partition coefficient (Wildman–Crippen LogP) is 6.21. The molecule has 236 valence electrons. The Kier molecular flexibility index (Phi) is 8.19. The van der Waals surface area contributed by atoms with Gasteiger partial charge in [-0.2, -0.15) is 0 Å². The molecule has 2 unspecified atom stereocenters. The van der Waals surface area contributed by atoms with Crippen LogP contribution in [0.25, 0.3) is 0 Å². The van der Waals surface area contributed by atoms with Crippen molar-refractivity contribution in [2.75, 3.05) is 52.4 Å². The molecule has 2 aliphatic carbocycles. The summed E-state index contributed by atoms with van der Waals surface area (Å²) in [6, 6.07) is 21.4. The van der Waals surface area contributed by atoms with Crippen LogP contribution in [0.4, 0.5) is 4.79 Å². The van der Waals surface area contributed by atoms with Gasteiger partial charge in [0.15, 0.2) is 0 Å². The third-order valence-electron chi connectivity index (χ3n) is 10.4. The fraction of sp³-hybridized carbons (Fsp3) is 0.378. The van der Waals surface area contributed by atoms with E-state index in [9.17, 15) is 4.79 Å². The molecule has 2 aromatic carbocycles. The van der Waals surface area contributed by atoms with E-state index in [1.165, 1.54) is 33.4 Å². The molecule has 2 aromatic heterocycles. The maximum absolute atomic E-state index is 13.9. The van der Waals surface area contributed by atoms with E-state index in [-0.39, 0.29) is 18.1 Å². The molecule has 0 saturated carbocycles. The molecule has 8 rings (SSSR count). The molecule has 0 radical (unpaired) electrons. The third kappa shape index (κ3) is 5.57. The van der Waals surface area contributed by atoms with E-state index in [0.717, 1.165) is 73.3 Å². The van der Waals surface area contributed by atoms with Crippen LogP contribution < -0.4 is 0 Å². The molecule has 2 fully saturated rings. The van der Waals surface area contributed by atoms with Gasteiger partial charge in [-0.3, -0.25) is 19.8 Å². The summed E-state index contributed by atoms with van der Waals surface area (Å²) in [6.07, 6.45) is 7.64. The highest BCUT2D eigenvalue weighted by Crippen LogP contribution is 2.39. The Balaban J connectivity index is 0.957. The van der Waals surface area contributed by atoms with E-state index in [4.69, 9.17) is 33.2 Å². The van der Waals surface area contributed by atoms with Crippen LogP contribution >= 0.6 is 23.2 Å². The average Bonchev–Trinajstić information content (AvgIpc) is 3.36. The zero-order valence-corrected chi connectivity index (χ0v) is 27.4. The molecule has 0 N–H and O–H groups in total. The summed E-state index contributed by atoms with van der Waals surface area (Å²) in [4.78, 5) is 32.7. The molecule has 2 aliphatic heterocycles. The topological polar surface area (TPSA) is 55.8 Å². The second-order valence-electron chi connectivity index (χ2n) is 12.9. The van der Waals surface area contributed by atoms with Crippen LogP contribution in [0.15, 0.2) is 73.1 Å². The summed E-state index contributed by atoms with van der Waals surface area (Å²) < 4.78 is 0. The number of carbonyl (C=O) groups is 1. The fourth-order valence-electron chi connectivity index (χ4n) is 8.05. The van der Waals surface area contributed by atoms with Gasteiger partial charge in [-0.15, -0.1) is 0 Å². The third-order valence-corrected chi connectivity index (χ3v) is 10.9. The number of halogens is 2. The van der Waals surface area contributed by atoms with Gasteiger partial charge in [0.05, 0.1) is 23.5 Å². The number of carbonyl (C=O) groups excluding carboxylic acids is 1. The summed E-state index contributed by atoms with van der Waals surface area (Å²) in [6.45, 7) is 6.03. The standard InChI is InChI=1S/C37H38Cl2N6O/c38-29-9-11-31-27(23-29)7-5-25-3-1-13-40-33(25)35(31)42-15-19-44(20-16-42)37(46)45-21-17-43(18-22-45)36-32-12-10-30(39)24-28(32)8-6-26-4-2-14-41-34(26)36/h1-4,9-14,23-24,35-36H,5-8,15-22H2. The lowest BCUT2D eigenvalue weighted by molar-refractivity contribution is 0.0751. The van der Waals surface area contributed by atoms with Crippen molar-refractivity contribution in [1.29, 1.82) is 0 Å². The highest BCUT2D eigenvalue weighted by atomic mass is 35.5. The molecule has 0 spiro atoms. The lowest BCUT2D eigenvalue weighted by Gasteiger charge is -2.44. The van der Waals surface area contributed by atoms with Crippen molar-refractivity contribution in [1.82, 2.24) is 29.6 Å². The first-order valence-electron chi connectivity index (χ1n) is 16.5. The van der Waals surface area contributed by atoms with Crippen molar-refractivity contribution in [3.05, 3.63) is 128 Å².